The van der Waals surface area contributed by atoms with Gasteiger partial charge in [0.25, 0.3) is 0 Å². The number of pyridine rings is 1. The Bertz CT molecular complexity index is 1550. The Morgan fingerprint density at radius 2 is 1.88 bits per heavy atom. The first-order chi connectivity index (χ1) is 19.4. The van der Waals surface area contributed by atoms with Crippen LogP contribution in [-0.4, -0.2) is 40.8 Å². The molecule has 1 fully saturated rings. The quantitative estimate of drug-likeness (QED) is 0.226. The molecule has 1 aliphatic heterocycles. The lowest BCUT2D eigenvalue weighted by Crippen LogP contribution is -2.30. The number of thiocarbonyl (C=S) groups is 1. The van der Waals surface area contributed by atoms with Crippen LogP contribution >= 0.6 is 12.2 Å². The molecule has 0 aliphatic carbocycles. The van der Waals surface area contributed by atoms with E-state index in [0.717, 1.165) is 22.8 Å². The first kappa shape index (κ1) is 26.9. The minimum atomic E-state index is -0.408. The molecule has 3 heterocycles. The van der Waals surface area contributed by atoms with E-state index in [1.807, 2.05) is 76.3 Å². The molecule has 204 valence electrons. The zero-order valence-corrected chi connectivity index (χ0v) is 23.1. The van der Waals surface area contributed by atoms with Crippen molar-refractivity contribution in [2.45, 2.75) is 25.4 Å². The molecule has 9 nitrogen and oxygen atoms in total. The van der Waals surface area contributed by atoms with Crippen molar-refractivity contribution in [1.29, 1.82) is 0 Å². The second kappa shape index (κ2) is 11.6. The predicted molar refractivity (Wildman–Crippen MR) is 157 cm³/mol. The molecule has 5 rings (SSSR count). The summed E-state index contributed by atoms with van der Waals surface area (Å²) in [6.45, 7) is 1.79. The molecule has 10 heteroatoms. The summed E-state index contributed by atoms with van der Waals surface area (Å²) in [4.78, 5) is 31.0. The van der Waals surface area contributed by atoms with Crippen LogP contribution in [0.25, 0.3) is 5.69 Å². The summed E-state index contributed by atoms with van der Waals surface area (Å²) in [5.74, 6) is 0.00224. The molecule has 2 aromatic carbocycles. The van der Waals surface area contributed by atoms with E-state index >= 15 is 0 Å². The minimum Gasteiger partial charge on any atom is -0.494 e. The smallest absolute Gasteiger partial charge is 0.337 e. The van der Waals surface area contributed by atoms with Gasteiger partial charge in [0.2, 0.25) is 5.91 Å². The van der Waals surface area contributed by atoms with Gasteiger partial charge in [0.1, 0.15) is 11.8 Å². The summed E-state index contributed by atoms with van der Waals surface area (Å²) < 4.78 is 12.6. The Balaban J connectivity index is 1.63. The third kappa shape index (κ3) is 5.13. The largest absolute Gasteiger partial charge is 0.494 e. The third-order valence-electron chi connectivity index (χ3n) is 6.79. The van der Waals surface area contributed by atoms with Crippen LogP contribution in [0.2, 0.25) is 0 Å². The number of methoxy groups -OCH3 is 2. The van der Waals surface area contributed by atoms with Crippen LogP contribution in [0.5, 0.6) is 5.75 Å². The van der Waals surface area contributed by atoms with E-state index in [1.54, 1.807) is 32.4 Å². The highest BCUT2D eigenvalue weighted by atomic mass is 32.1. The molecular formula is C30H29N5O4S. The zero-order chi connectivity index (χ0) is 28.2. The molecule has 2 N–H and O–H groups in total. The molecule has 2 atom stereocenters. The molecule has 0 radical (unpaired) electrons. The van der Waals surface area contributed by atoms with Crippen molar-refractivity contribution in [2.75, 3.05) is 24.4 Å². The standard InChI is InChI=1S/C30H29N5O4S/c1-4-26(36)32-22-14-13-21(18-25(22)38-2)35-28(27(33-30(35)40)23-11-5-6-15-31-23)24-12-8-16-34(24)20-10-7-9-19(17-20)29(37)39-3/h5-18,27-28H,4H2,1-3H3,(H,32,36)(H,33,40)/t27-,28+/m1/s1. The summed E-state index contributed by atoms with van der Waals surface area (Å²) in [7, 11) is 2.93. The van der Waals surface area contributed by atoms with Gasteiger partial charge in [0.15, 0.2) is 5.11 Å². The van der Waals surface area contributed by atoms with Crippen molar-refractivity contribution in [3.8, 4) is 11.4 Å². The number of carbonyl (C=O) groups excluding carboxylic acids is 2. The van der Waals surface area contributed by atoms with Gasteiger partial charge < -0.3 is 29.6 Å². The molecular weight excluding hydrogens is 526 g/mol. The fraction of sp³-hybridized carbons (Fsp3) is 0.200. The van der Waals surface area contributed by atoms with E-state index in [0.29, 0.717) is 28.5 Å². The van der Waals surface area contributed by atoms with Crippen LogP contribution in [0.4, 0.5) is 11.4 Å². The van der Waals surface area contributed by atoms with Gasteiger partial charge in [-0.05, 0) is 66.8 Å². The molecule has 0 saturated carbocycles. The number of benzene rings is 2. The summed E-state index contributed by atoms with van der Waals surface area (Å²) in [5, 5.41) is 6.86. The fourth-order valence-corrected chi connectivity index (χ4v) is 5.22. The van der Waals surface area contributed by atoms with Crippen LogP contribution in [0.3, 0.4) is 0 Å². The molecule has 1 amide bonds. The number of rotatable bonds is 8. The number of anilines is 2. The normalized spacial score (nSPS) is 16.4. The van der Waals surface area contributed by atoms with Gasteiger partial charge in [-0.15, -0.1) is 0 Å². The maximum Gasteiger partial charge on any atom is 0.337 e. The lowest BCUT2D eigenvalue weighted by Gasteiger charge is -2.29. The molecule has 1 saturated heterocycles. The first-order valence-electron chi connectivity index (χ1n) is 12.8. The van der Waals surface area contributed by atoms with Gasteiger partial charge in [0.05, 0.1) is 37.2 Å². The molecule has 1 aliphatic rings. The zero-order valence-electron chi connectivity index (χ0n) is 22.3. The maximum atomic E-state index is 12.3. The molecule has 2 aromatic heterocycles. The fourth-order valence-electron chi connectivity index (χ4n) is 4.88. The van der Waals surface area contributed by atoms with E-state index in [4.69, 9.17) is 21.7 Å². The van der Waals surface area contributed by atoms with Gasteiger partial charge in [0, 0.05) is 41.9 Å². The Labute approximate surface area is 237 Å². The molecule has 40 heavy (non-hydrogen) atoms. The average Bonchev–Trinajstić information content (AvgIpc) is 3.61. The summed E-state index contributed by atoms with van der Waals surface area (Å²) in [6, 6.07) is 22.0. The number of hydrogen-bond acceptors (Lipinski definition) is 6. The monoisotopic (exact) mass is 555 g/mol. The second-order valence-corrected chi connectivity index (χ2v) is 9.51. The van der Waals surface area contributed by atoms with E-state index in [1.165, 1.54) is 7.11 Å². The molecule has 0 unspecified atom stereocenters. The van der Waals surface area contributed by atoms with E-state index < -0.39 is 5.97 Å². The third-order valence-corrected chi connectivity index (χ3v) is 7.10. The molecule has 4 aromatic rings. The number of nitrogens with one attached hydrogen (secondary N) is 2. The Morgan fingerprint density at radius 3 is 2.60 bits per heavy atom. The van der Waals surface area contributed by atoms with Crippen molar-refractivity contribution in [1.82, 2.24) is 14.9 Å². The van der Waals surface area contributed by atoms with Crippen molar-refractivity contribution in [3.63, 3.8) is 0 Å². The van der Waals surface area contributed by atoms with Crippen molar-refractivity contribution in [3.05, 3.63) is 102 Å². The first-order valence-corrected chi connectivity index (χ1v) is 13.2. The number of ether oxygens (including phenoxy) is 2. The number of hydrogen-bond donors (Lipinski definition) is 2. The number of esters is 1. The summed E-state index contributed by atoms with van der Waals surface area (Å²) in [5.41, 5.74) is 4.36. The highest BCUT2D eigenvalue weighted by Crippen LogP contribution is 2.44. The number of aromatic nitrogens is 2. The Hall–Kier alpha value is -4.70. The lowest BCUT2D eigenvalue weighted by atomic mass is 10.0. The SMILES string of the molecule is CCC(=O)Nc1ccc(N2C(=S)N[C@H](c3ccccn3)[C@@H]2c2cccn2-c2cccc(C(=O)OC)c2)cc1OC. The van der Waals surface area contributed by atoms with Crippen LogP contribution in [0.15, 0.2) is 85.2 Å². The Kier molecular flexibility index (Phi) is 7.79. The van der Waals surface area contributed by atoms with Gasteiger partial charge in [-0.25, -0.2) is 4.79 Å². The van der Waals surface area contributed by atoms with Gasteiger partial charge in [-0.1, -0.05) is 19.1 Å². The van der Waals surface area contributed by atoms with Crippen molar-refractivity contribution in [2.24, 2.45) is 0 Å². The Morgan fingerprint density at radius 1 is 1.02 bits per heavy atom. The minimum absolute atomic E-state index is 0.107. The van der Waals surface area contributed by atoms with E-state index in [2.05, 4.69) is 15.6 Å². The molecule has 0 spiro atoms. The average molecular weight is 556 g/mol. The van der Waals surface area contributed by atoms with Gasteiger partial charge in [-0.3, -0.25) is 9.78 Å². The number of amides is 1. The summed E-state index contributed by atoms with van der Waals surface area (Å²) >= 11 is 5.89. The highest BCUT2D eigenvalue weighted by Gasteiger charge is 2.42. The molecule has 0 bridgehead atoms. The second-order valence-electron chi connectivity index (χ2n) is 9.13. The van der Waals surface area contributed by atoms with Crippen LogP contribution in [-0.2, 0) is 9.53 Å². The van der Waals surface area contributed by atoms with Crippen LogP contribution in [0, 0.1) is 0 Å². The maximum absolute atomic E-state index is 12.3. The van der Waals surface area contributed by atoms with Crippen LogP contribution in [0.1, 0.15) is 47.2 Å². The number of carbonyl (C=O) groups is 2. The topological polar surface area (TPSA) is 97.7 Å². The van der Waals surface area contributed by atoms with Gasteiger partial charge in [-0.2, -0.15) is 0 Å². The summed E-state index contributed by atoms with van der Waals surface area (Å²) in [6.07, 6.45) is 4.06. The lowest BCUT2D eigenvalue weighted by molar-refractivity contribution is -0.115. The van der Waals surface area contributed by atoms with E-state index in [-0.39, 0.29) is 18.0 Å². The van der Waals surface area contributed by atoms with Crippen molar-refractivity contribution >= 4 is 40.6 Å². The number of nitrogens with zero attached hydrogens (tertiary/aromatic N) is 3. The van der Waals surface area contributed by atoms with E-state index in [9.17, 15) is 9.59 Å². The van der Waals surface area contributed by atoms with Crippen molar-refractivity contribution < 1.29 is 19.1 Å². The van der Waals surface area contributed by atoms with Crippen LogP contribution < -0.4 is 20.3 Å². The van der Waals surface area contributed by atoms with Gasteiger partial charge >= 0.3 is 5.97 Å². The predicted octanol–water partition coefficient (Wildman–Crippen LogP) is 5.19. The highest BCUT2D eigenvalue weighted by molar-refractivity contribution is 7.80.